The van der Waals surface area contributed by atoms with E-state index in [1.54, 1.807) is 11.8 Å². The first-order valence-electron chi connectivity index (χ1n) is 6.08. The highest BCUT2D eigenvalue weighted by atomic mass is 32.2. The molecule has 0 aromatic carbocycles. The molecule has 1 saturated heterocycles. The third kappa shape index (κ3) is 3.69. The average molecular weight is 256 g/mol. The van der Waals surface area contributed by atoms with Crippen LogP contribution in [0.15, 0.2) is 5.16 Å². The summed E-state index contributed by atoms with van der Waals surface area (Å²) >= 11 is 1.74. The standard InChI is InChI=1S/C11H20N4OS/c1-9-13-14-11(15(9)2)17-7-5-12-8-10-4-3-6-16-10/h10,12H,3-8H2,1-2H3. The predicted octanol–water partition coefficient (Wildman–Crippen LogP) is 0.984. The van der Waals surface area contributed by atoms with Crippen LogP contribution in [0, 0.1) is 6.92 Å². The van der Waals surface area contributed by atoms with Gasteiger partial charge in [0.2, 0.25) is 0 Å². The van der Waals surface area contributed by atoms with Crippen LogP contribution in [0.5, 0.6) is 0 Å². The van der Waals surface area contributed by atoms with E-state index in [0.717, 1.165) is 36.4 Å². The lowest BCUT2D eigenvalue weighted by molar-refractivity contribution is 0.110. The molecule has 0 radical (unpaired) electrons. The Morgan fingerprint density at radius 3 is 3.06 bits per heavy atom. The Balaban J connectivity index is 1.58. The molecule has 1 atom stereocenters. The van der Waals surface area contributed by atoms with E-state index in [4.69, 9.17) is 4.74 Å². The van der Waals surface area contributed by atoms with E-state index >= 15 is 0 Å². The van der Waals surface area contributed by atoms with Gasteiger partial charge in [0.05, 0.1) is 6.10 Å². The highest BCUT2D eigenvalue weighted by Gasteiger charge is 2.14. The minimum atomic E-state index is 0.428. The van der Waals surface area contributed by atoms with Gasteiger partial charge in [0, 0.05) is 32.5 Å². The molecular weight excluding hydrogens is 236 g/mol. The summed E-state index contributed by atoms with van der Waals surface area (Å²) in [7, 11) is 2.00. The maximum absolute atomic E-state index is 5.54. The predicted molar refractivity (Wildman–Crippen MR) is 68.3 cm³/mol. The largest absolute Gasteiger partial charge is 0.377 e. The molecule has 0 spiro atoms. The molecule has 0 amide bonds. The van der Waals surface area contributed by atoms with Gasteiger partial charge in [0.1, 0.15) is 5.82 Å². The number of ether oxygens (including phenoxy) is 1. The van der Waals surface area contributed by atoms with Crippen molar-refractivity contribution < 1.29 is 4.74 Å². The highest BCUT2D eigenvalue weighted by molar-refractivity contribution is 7.99. The summed E-state index contributed by atoms with van der Waals surface area (Å²) in [5, 5.41) is 12.6. The molecule has 1 aromatic rings. The van der Waals surface area contributed by atoms with Gasteiger partial charge in [-0.05, 0) is 19.8 Å². The van der Waals surface area contributed by atoms with E-state index in [-0.39, 0.29) is 0 Å². The molecule has 1 unspecified atom stereocenters. The lowest BCUT2D eigenvalue weighted by Crippen LogP contribution is -2.28. The van der Waals surface area contributed by atoms with E-state index in [0.29, 0.717) is 6.10 Å². The second kappa shape index (κ2) is 6.37. The number of nitrogens with zero attached hydrogens (tertiary/aromatic N) is 3. The van der Waals surface area contributed by atoms with Crippen LogP contribution in [-0.4, -0.2) is 46.3 Å². The molecule has 0 aliphatic carbocycles. The van der Waals surface area contributed by atoms with E-state index in [2.05, 4.69) is 15.5 Å². The molecule has 2 rings (SSSR count). The monoisotopic (exact) mass is 256 g/mol. The zero-order valence-corrected chi connectivity index (χ0v) is 11.3. The van der Waals surface area contributed by atoms with E-state index in [1.807, 2.05) is 18.5 Å². The molecule has 0 saturated carbocycles. The zero-order valence-electron chi connectivity index (χ0n) is 10.5. The van der Waals surface area contributed by atoms with Crippen molar-refractivity contribution in [3.63, 3.8) is 0 Å². The van der Waals surface area contributed by atoms with Gasteiger partial charge in [-0.2, -0.15) is 0 Å². The molecule has 1 aliphatic rings. The van der Waals surface area contributed by atoms with Gasteiger partial charge in [-0.1, -0.05) is 11.8 Å². The van der Waals surface area contributed by atoms with Crippen LogP contribution >= 0.6 is 11.8 Å². The van der Waals surface area contributed by atoms with Crippen LogP contribution in [0.1, 0.15) is 18.7 Å². The second-order valence-corrected chi connectivity index (χ2v) is 5.34. The van der Waals surface area contributed by atoms with Crippen molar-refractivity contribution in [2.75, 3.05) is 25.4 Å². The summed E-state index contributed by atoms with van der Waals surface area (Å²) in [4.78, 5) is 0. The number of thioether (sulfide) groups is 1. The smallest absolute Gasteiger partial charge is 0.190 e. The number of aryl methyl sites for hydroxylation is 1. The van der Waals surface area contributed by atoms with Gasteiger partial charge in [-0.15, -0.1) is 10.2 Å². The normalized spacial score (nSPS) is 20.0. The quantitative estimate of drug-likeness (QED) is 0.607. The maximum Gasteiger partial charge on any atom is 0.190 e. The Labute approximate surface area is 106 Å². The second-order valence-electron chi connectivity index (χ2n) is 4.28. The van der Waals surface area contributed by atoms with Gasteiger partial charge < -0.3 is 14.6 Å². The first-order chi connectivity index (χ1) is 8.27. The molecule has 5 nitrogen and oxygen atoms in total. The van der Waals surface area contributed by atoms with Crippen molar-refractivity contribution in [1.82, 2.24) is 20.1 Å². The Hall–Kier alpha value is -0.590. The van der Waals surface area contributed by atoms with Gasteiger partial charge in [0.15, 0.2) is 5.16 Å². The summed E-state index contributed by atoms with van der Waals surface area (Å²) in [6, 6.07) is 0. The minimum Gasteiger partial charge on any atom is -0.377 e. The first-order valence-corrected chi connectivity index (χ1v) is 7.07. The lowest BCUT2D eigenvalue weighted by atomic mass is 10.2. The topological polar surface area (TPSA) is 52.0 Å². The Bertz CT molecular complexity index is 349. The number of aromatic nitrogens is 3. The fourth-order valence-electron chi connectivity index (χ4n) is 1.80. The van der Waals surface area contributed by atoms with Crippen molar-refractivity contribution in [1.29, 1.82) is 0 Å². The van der Waals surface area contributed by atoms with Crippen molar-refractivity contribution in [3.8, 4) is 0 Å². The van der Waals surface area contributed by atoms with Crippen LogP contribution < -0.4 is 5.32 Å². The summed E-state index contributed by atoms with van der Waals surface area (Å²) < 4.78 is 7.56. The zero-order chi connectivity index (χ0) is 12.1. The SMILES string of the molecule is Cc1nnc(SCCNCC2CCCO2)n1C. The Morgan fingerprint density at radius 1 is 1.53 bits per heavy atom. The molecule has 17 heavy (non-hydrogen) atoms. The molecule has 1 aliphatic heterocycles. The summed E-state index contributed by atoms with van der Waals surface area (Å²) in [6.07, 6.45) is 2.83. The maximum atomic E-state index is 5.54. The van der Waals surface area contributed by atoms with Crippen molar-refractivity contribution in [2.24, 2.45) is 7.05 Å². The number of hydrogen-bond donors (Lipinski definition) is 1. The first kappa shape index (κ1) is 12.9. The van der Waals surface area contributed by atoms with Gasteiger partial charge in [-0.3, -0.25) is 0 Å². The molecule has 2 heterocycles. The summed E-state index contributed by atoms with van der Waals surface area (Å²) in [5.41, 5.74) is 0. The molecule has 1 aromatic heterocycles. The third-order valence-electron chi connectivity index (χ3n) is 2.96. The van der Waals surface area contributed by atoms with Crippen molar-refractivity contribution in [3.05, 3.63) is 5.82 Å². The summed E-state index contributed by atoms with van der Waals surface area (Å²) in [5.74, 6) is 1.97. The Kier molecular flexibility index (Phi) is 4.82. The fraction of sp³-hybridized carbons (Fsp3) is 0.818. The van der Waals surface area contributed by atoms with E-state index < -0.39 is 0 Å². The van der Waals surface area contributed by atoms with Crippen LogP contribution in [0.2, 0.25) is 0 Å². The third-order valence-corrected chi connectivity index (χ3v) is 3.98. The van der Waals surface area contributed by atoms with Gasteiger partial charge in [-0.25, -0.2) is 0 Å². The Morgan fingerprint density at radius 2 is 2.41 bits per heavy atom. The number of nitrogens with one attached hydrogen (secondary N) is 1. The van der Waals surface area contributed by atoms with Crippen molar-refractivity contribution in [2.45, 2.75) is 31.0 Å². The highest BCUT2D eigenvalue weighted by Crippen LogP contribution is 2.14. The number of hydrogen-bond acceptors (Lipinski definition) is 5. The molecular formula is C11H20N4OS. The van der Waals surface area contributed by atoms with E-state index in [9.17, 15) is 0 Å². The van der Waals surface area contributed by atoms with Gasteiger partial charge in [0.25, 0.3) is 0 Å². The fourth-order valence-corrected chi connectivity index (χ4v) is 2.65. The van der Waals surface area contributed by atoms with Crippen LogP contribution in [-0.2, 0) is 11.8 Å². The molecule has 96 valence electrons. The molecule has 1 N–H and O–H groups in total. The van der Waals surface area contributed by atoms with Crippen LogP contribution in [0.4, 0.5) is 0 Å². The molecule has 6 heteroatoms. The van der Waals surface area contributed by atoms with E-state index in [1.165, 1.54) is 12.8 Å². The minimum absolute atomic E-state index is 0.428. The van der Waals surface area contributed by atoms with Crippen LogP contribution in [0.25, 0.3) is 0 Å². The molecule has 1 fully saturated rings. The van der Waals surface area contributed by atoms with Crippen LogP contribution in [0.3, 0.4) is 0 Å². The lowest BCUT2D eigenvalue weighted by Gasteiger charge is -2.10. The average Bonchev–Trinajstić information content (AvgIpc) is 2.93. The molecule has 0 bridgehead atoms. The number of rotatable bonds is 6. The van der Waals surface area contributed by atoms with Crippen molar-refractivity contribution >= 4 is 11.8 Å². The summed E-state index contributed by atoms with van der Waals surface area (Å²) in [6.45, 7) is 4.85. The van der Waals surface area contributed by atoms with Gasteiger partial charge >= 0.3 is 0 Å².